The van der Waals surface area contributed by atoms with Gasteiger partial charge in [-0.05, 0) is 66.1 Å². The molecule has 3 atom stereocenters. The summed E-state index contributed by atoms with van der Waals surface area (Å²) in [5.74, 6) is -0.271. The van der Waals surface area contributed by atoms with Crippen LogP contribution in [0.3, 0.4) is 0 Å². The summed E-state index contributed by atoms with van der Waals surface area (Å²) in [5.41, 5.74) is 2.63. The molecule has 3 aliphatic heterocycles. The predicted octanol–water partition coefficient (Wildman–Crippen LogP) is 6.71. The summed E-state index contributed by atoms with van der Waals surface area (Å²) in [5, 5.41) is 7.29. The fourth-order valence-corrected chi connectivity index (χ4v) is 6.88. The average Bonchev–Trinajstić information content (AvgIpc) is 3.16. The van der Waals surface area contributed by atoms with Crippen LogP contribution in [-0.4, -0.2) is 31.6 Å². The molecule has 2 saturated heterocycles. The Balaban J connectivity index is 1.58. The van der Waals surface area contributed by atoms with E-state index in [4.69, 9.17) is 32.7 Å². The highest BCUT2D eigenvalue weighted by molar-refractivity contribution is 9.10. The Bertz CT molecular complexity index is 1510. The molecule has 9 heteroatoms. The standard InChI is InChI=1S/C30H27BrCl2N2O4/c1-16-3-5-18(32)10-20(16)27-30(22-7-6-19(33)11-24(22)34-28(30)37)23(12-26(36)35-27)21-9-17(31)4-8-25(21)39-15-29(2)13-38-14-29/h3-11,23,27H,12-15H2,1-2H3,(H,34,37)(H,35,36)/t23-,27+,30-/m1/s1. The summed E-state index contributed by atoms with van der Waals surface area (Å²) in [6.07, 6.45) is 0.0960. The molecule has 2 N–H and O–H groups in total. The quantitative estimate of drug-likeness (QED) is 0.329. The number of fused-ring (bicyclic) bond motifs is 2. The number of carbonyl (C=O) groups is 2. The van der Waals surface area contributed by atoms with E-state index in [1.165, 1.54) is 0 Å². The number of ether oxygens (including phenoxy) is 2. The van der Waals surface area contributed by atoms with Gasteiger partial charge in [0, 0.05) is 43.5 Å². The van der Waals surface area contributed by atoms with Gasteiger partial charge in [0.25, 0.3) is 0 Å². The third-order valence-corrected chi connectivity index (χ3v) is 9.09. The van der Waals surface area contributed by atoms with E-state index in [0.717, 1.165) is 26.7 Å². The van der Waals surface area contributed by atoms with Gasteiger partial charge in [0.05, 0.1) is 25.9 Å². The van der Waals surface area contributed by atoms with Crippen molar-refractivity contribution >= 4 is 56.6 Å². The first kappa shape index (κ1) is 26.6. The number of amides is 2. The van der Waals surface area contributed by atoms with Crippen molar-refractivity contribution in [3.8, 4) is 5.75 Å². The van der Waals surface area contributed by atoms with Crippen LogP contribution >= 0.6 is 39.1 Å². The number of aryl methyl sites for hydroxylation is 1. The van der Waals surface area contributed by atoms with Gasteiger partial charge in [-0.15, -0.1) is 0 Å². The number of anilines is 1. The fraction of sp³-hybridized carbons (Fsp3) is 0.333. The molecule has 6 rings (SSSR count). The Morgan fingerprint density at radius 3 is 2.51 bits per heavy atom. The Hall–Kier alpha value is -2.58. The van der Waals surface area contributed by atoms with Gasteiger partial charge >= 0.3 is 0 Å². The molecule has 1 spiro atoms. The molecule has 2 amide bonds. The summed E-state index contributed by atoms with van der Waals surface area (Å²) in [6.45, 7) is 5.79. The highest BCUT2D eigenvalue weighted by Gasteiger charge is 2.62. The first-order valence-electron chi connectivity index (χ1n) is 12.8. The zero-order valence-corrected chi connectivity index (χ0v) is 24.5. The first-order valence-corrected chi connectivity index (χ1v) is 14.3. The lowest BCUT2D eigenvalue weighted by Gasteiger charge is -2.47. The van der Waals surface area contributed by atoms with Gasteiger partial charge in [-0.25, -0.2) is 0 Å². The second kappa shape index (κ2) is 9.81. The van der Waals surface area contributed by atoms with Crippen LogP contribution in [0.15, 0.2) is 59.1 Å². The van der Waals surface area contributed by atoms with Crippen molar-refractivity contribution < 1.29 is 19.1 Å². The Labute approximate surface area is 245 Å². The molecular formula is C30H27BrCl2N2O4. The monoisotopic (exact) mass is 628 g/mol. The van der Waals surface area contributed by atoms with Crippen molar-refractivity contribution in [2.45, 2.75) is 37.6 Å². The van der Waals surface area contributed by atoms with Crippen LogP contribution in [0.4, 0.5) is 5.69 Å². The lowest BCUT2D eigenvalue weighted by molar-refractivity contribution is -0.131. The number of piperidine rings is 1. The number of hydrogen-bond acceptors (Lipinski definition) is 4. The Kier molecular flexibility index (Phi) is 6.70. The van der Waals surface area contributed by atoms with Crippen LogP contribution in [0.5, 0.6) is 5.75 Å². The lowest BCUT2D eigenvalue weighted by atomic mass is 9.59. The zero-order chi connectivity index (χ0) is 27.5. The summed E-state index contributed by atoms with van der Waals surface area (Å²) in [4.78, 5) is 27.8. The molecule has 2 fully saturated rings. The largest absolute Gasteiger partial charge is 0.493 e. The van der Waals surface area contributed by atoms with Crippen molar-refractivity contribution in [3.63, 3.8) is 0 Å². The third-order valence-electron chi connectivity index (χ3n) is 8.13. The molecule has 0 saturated carbocycles. The highest BCUT2D eigenvalue weighted by atomic mass is 79.9. The number of rotatable bonds is 5. The van der Waals surface area contributed by atoms with E-state index in [1.807, 2.05) is 49.4 Å². The molecule has 0 unspecified atom stereocenters. The van der Waals surface area contributed by atoms with E-state index in [-0.39, 0.29) is 23.7 Å². The average molecular weight is 630 g/mol. The first-order chi connectivity index (χ1) is 18.6. The van der Waals surface area contributed by atoms with Gasteiger partial charge in [0.1, 0.15) is 11.2 Å². The van der Waals surface area contributed by atoms with Gasteiger partial charge in [-0.2, -0.15) is 0 Å². The summed E-state index contributed by atoms with van der Waals surface area (Å²) >= 11 is 16.4. The second-order valence-corrected chi connectivity index (χ2v) is 12.8. The molecule has 3 aromatic rings. The molecule has 3 aliphatic rings. The van der Waals surface area contributed by atoms with E-state index in [9.17, 15) is 9.59 Å². The minimum atomic E-state index is -1.19. The molecule has 0 bridgehead atoms. The van der Waals surface area contributed by atoms with Gasteiger partial charge in [-0.3, -0.25) is 9.59 Å². The molecule has 0 radical (unpaired) electrons. The number of hydrogen-bond donors (Lipinski definition) is 2. The van der Waals surface area contributed by atoms with E-state index in [0.29, 0.717) is 41.3 Å². The zero-order valence-electron chi connectivity index (χ0n) is 21.4. The van der Waals surface area contributed by atoms with Crippen molar-refractivity contribution in [2.24, 2.45) is 5.41 Å². The van der Waals surface area contributed by atoms with E-state index < -0.39 is 17.4 Å². The number of benzene rings is 3. The van der Waals surface area contributed by atoms with Crippen molar-refractivity contribution in [1.29, 1.82) is 0 Å². The predicted molar refractivity (Wildman–Crippen MR) is 155 cm³/mol. The van der Waals surface area contributed by atoms with Gasteiger partial charge < -0.3 is 20.1 Å². The molecule has 6 nitrogen and oxygen atoms in total. The molecular weight excluding hydrogens is 603 g/mol. The topological polar surface area (TPSA) is 76.7 Å². The second-order valence-electron chi connectivity index (χ2n) is 11.0. The van der Waals surface area contributed by atoms with Crippen LogP contribution in [0.2, 0.25) is 10.0 Å². The minimum absolute atomic E-state index is 0.0828. The van der Waals surface area contributed by atoms with Gasteiger partial charge in [0.2, 0.25) is 11.8 Å². The molecule has 39 heavy (non-hydrogen) atoms. The van der Waals surface area contributed by atoms with Crippen molar-refractivity contribution in [2.75, 3.05) is 25.1 Å². The van der Waals surface area contributed by atoms with Crippen LogP contribution in [-0.2, 0) is 19.7 Å². The lowest BCUT2D eigenvalue weighted by Crippen LogP contribution is -2.57. The Morgan fingerprint density at radius 2 is 1.77 bits per heavy atom. The summed E-state index contributed by atoms with van der Waals surface area (Å²) in [7, 11) is 0. The summed E-state index contributed by atoms with van der Waals surface area (Å²) in [6, 6.07) is 16.1. The van der Waals surface area contributed by atoms with Crippen LogP contribution in [0, 0.1) is 12.3 Å². The van der Waals surface area contributed by atoms with Crippen molar-refractivity contribution in [3.05, 3.63) is 91.4 Å². The maximum Gasteiger partial charge on any atom is 0.238 e. The molecule has 3 heterocycles. The normalized spacial score (nSPS) is 25.1. The number of carbonyl (C=O) groups excluding carboxylic acids is 2. The summed E-state index contributed by atoms with van der Waals surface area (Å²) < 4.78 is 12.7. The van der Waals surface area contributed by atoms with E-state index in [1.54, 1.807) is 12.1 Å². The third kappa shape index (κ3) is 4.44. The smallest absolute Gasteiger partial charge is 0.238 e. The van der Waals surface area contributed by atoms with Gasteiger partial charge in [0.15, 0.2) is 0 Å². The van der Waals surface area contributed by atoms with Crippen LogP contribution < -0.4 is 15.4 Å². The maximum atomic E-state index is 14.4. The molecule has 3 aromatic carbocycles. The number of halogens is 3. The fourth-order valence-electron chi connectivity index (χ4n) is 6.15. The molecule has 0 aliphatic carbocycles. The van der Waals surface area contributed by atoms with E-state index in [2.05, 4.69) is 33.5 Å². The van der Waals surface area contributed by atoms with Crippen LogP contribution in [0.1, 0.15) is 47.6 Å². The minimum Gasteiger partial charge on any atom is -0.493 e. The van der Waals surface area contributed by atoms with Gasteiger partial charge in [-0.1, -0.05) is 58.2 Å². The highest BCUT2D eigenvalue weighted by Crippen LogP contribution is 2.59. The Morgan fingerprint density at radius 1 is 1.03 bits per heavy atom. The SMILES string of the molecule is Cc1ccc(Cl)cc1[C@@H]1NC(=O)C[C@H](c2cc(Br)ccc2OCC2(C)COC2)[C@@]12C(=O)Nc1cc(Cl)ccc12. The van der Waals surface area contributed by atoms with E-state index >= 15 is 0 Å². The van der Waals surface area contributed by atoms with Crippen molar-refractivity contribution in [1.82, 2.24) is 5.32 Å². The maximum absolute atomic E-state index is 14.4. The number of nitrogens with one attached hydrogen (secondary N) is 2. The molecule has 0 aromatic heterocycles. The molecule has 202 valence electrons. The van der Waals surface area contributed by atoms with Crippen LogP contribution in [0.25, 0.3) is 0 Å².